The summed E-state index contributed by atoms with van der Waals surface area (Å²) in [6, 6.07) is 0. The highest BCUT2D eigenvalue weighted by molar-refractivity contribution is 5.85. The Kier molecular flexibility index (Phi) is 3.97. The first-order valence-corrected chi connectivity index (χ1v) is 7.19. The van der Waals surface area contributed by atoms with Crippen molar-refractivity contribution in [3.63, 3.8) is 0 Å². The topological polar surface area (TPSA) is 52.6 Å². The highest BCUT2D eigenvalue weighted by atomic mass is 16.3. The SMILES string of the molecule is CCN(C)C1(CNC(=O)C2(CO)CC2)CCCC1. The average molecular weight is 254 g/mol. The van der Waals surface area contributed by atoms with Gasteiger partial charge < -0.3 is 10.4 Å². The zero-order valence-electron chi connectivity index (χ0n) is 11.7. The number of aliphatic hydroxyl groups excluding tert-OH is 1. The summed E-state index contributed by atoms with van der Waals surface area (Å²) in [5.74, 6) is 0.0563. The minimum Gasteiger partial charge on any atom is -0.395 e. The molecule has 0 aromatic rings. The second-order valence-corrected chi connectivity index (χ2v) is 6.07. The number of carbonyl (C=O) groups is 1. The summed E-state index contributed by atoms with van der Waals surface area (Å²) in [6.07, 6.45) is 6.53. The van der Waals surface area contributed by atoms with E-state index in [0.29, 0.717) is 0 Å². The number of likely N-dealkylation sites (N-methyl/N-ethyl adjacent to an activating group) is 1. The molecule has 1 amide bonds. The van der Waals surface area contributed by atoms with E-state index in [1.165, 1.54) is 25.7 Å². The Hall–Kier alpha value is -0.610. The standard InChI is InChI=1S/C14H26N2O2/c1-3-16(2)14(6-4-5-7-14)10-15-12(18)13(11-17)8-9-13/h17H,3-11H2,1-2H3,(H,15,18). The molecule has 0 bridgehead atoms. The van der Waals surface area contributed by atoms with Crippen LogP contribution in [0.2, 0.25) is 0 Å². The Labute approximate surface area is 110 Å². The molecule has 2 fully saturated rings. The van der Waals surface area contributed by atoms with Gasteiger partial charge in [-0.3, -0.25) is 9.69 Å². The Balaban J connectivity index is 1.92. The van der Waals surface area contributed by atoms with Gasteiger partial charge in [0.25, 0.3) is 0 Å². The maximum atomic E-state index is 12.1. The van der Waals surface area contributed by atoms with Crippen LogP contribution in [0.15, 0.2) is 0 Å². The van der Waals surface area contributed by atoms with Crippen LogP contribution >= 0.6 is 0 Å². The van der Waals surface area contributed by atoms with Crippen LogP contribution in [-0.2, 0) is 4.79 Å². The van der Waals surface area contributed by atoms with E-state index < -0.39 is 5.41 Å². The minimum absolute atomic E-state index is 0.00451. The van der Waals surface area contributed by atoms with E-state index in [2.05, 4.69) is 24.2 Å². The molecule has 2 rings (SSSR count). The van der Waals surface area contributed by atoms with Gasteiger partial charge in [-0.25, -0.2) is 0 Å². The van der Waals surface area contributed by atoms with Gasteiger partial charge in [-0.05, 0) is 39.3 Å². The van der Waals surface area contributed by atoms with Gasteiger partial charge in [0.1, 0.15) is 0 Å². The summed E-state index contributed by atoms with van der Waals surface area (Å²) in [5, 5.41) is 12.4. The molecule has 0 radical (unpaired) electrons. The molecule has 2 saturated carbocycles. The molecule has 0 aliphatic heterocycles. The monoisotopic (exact) mass is 254 g/mol. The van der Waals surface area contributed by atoms with Crippen LogP contribution in [0.5, 0.6) is 0 Å². The van der Waals surface area contributed by atoms with Crippen molar-refractivity contribution in [3.05, 3.63) is 0 Å². The molecule has 4 heteroatoms. The van der Waals surface area contributed by atoms with Gasteiger partial charge in [0.05, 0.1) is 12.0 Å². The fourth-order valence-electron chi connectivity index (χ4n) is 3.10. The predicted octanol–water partition coefficient (Wildman–Crippen LogP) is 1.14. The van der Waals surface area contributed by atoms with Crippen molar-refractivity contribution >= 4 is 5.91 Å². The Morgan fingerprint density at radius 2 is 1.89 bits per heavy atom. The van der Waals surface area contributed by atoms with Gasteiger partial charge >= 0.3 is 0 Å². The van der Waals surface area contributed by atoms with Gasteiger partial charge in [0.2, 0.25) is 5.91 Å². The molecular formula is C14H26N2O2. The van der Waals surface area contributed by atoms with Crippen LogP contribution in [-0.4, -0.2) is 48.2 Å². The molecule has 0 atom stereocenters. The molecule has 2 aliphatic rings. The lowest BCUT2D eigenvalue weighted by molar-refractivity contribution is -0.128. The molecule has 104 valence electrons. The summed E-state index contributed by atoms with van der Waals surface area (Å²) in [7, 11) is 2.15. The highest BCUT2D eigenvalue weighted by Gasteiger charge is 2.50. The average Bonchev–Trinajstić information content (AvgIpc) is 3.06. The molecular weight excluding hydrogens is 228 g/mol. The first kappa shape index (κ1) is 13.8. The Morgan fingerprint density at radius 3 is 2.33 bits per heavy atom. The summed E-state index contributed by atoms with van der Waals surface area (Å²) in [5.41, 5.74) is -0.291. The third kappa shape index (κ3) is 2.41. The maximum Gasteiger partial charge on any atom is 0.228 e. The lowest BCUT2D eigenvalue weighted by Gasteiger charge is -2.38. The quantitative estimate of drug-likeness (QED) is 0.747. The van der Waals surface area contributed by atoms with Gasteiger partial charge in [0.15, 0.2) is 0 Å². The lowest BCUT2D eigenvalue weighted by atomic mass is 9.94. The van der Waals surface area contributed by atoms with Crippen molar-refractivity contribution in [2.24, 2.45) is 5.41 Å². The van der Waals surface area contributed by atoms with Gasteiger partial charge in [0, 0.05) is 12.1 Å². The van der Waals surface area contributed by atoms with Gasteiger partial charge in [-0.2, -0.15) is 0 Å². The number of nitrogens with zero attached hydrogens (tertiary/aromatic N) is 1. The minimum atomic E-state index is -0.440. The second kappa shape index (κ2) is 5.17. The fourth-order valence-corrected chi connectivity index (χ4v) is 3.10. The zero-order valence-corrected chi connectivity index (χ0v) is 11.7. The number of amides is 1. The molecule has 2 N–H and O–H groups in total. The van der Waals surface area contributed by atoms with Crippen molar-refractivity contribution in [3.8, 4) is 0 Å². The fraction of sp³-hybridized carbons (Fsp3) is 0.929. The molecule has 0 aromatic carbocycles. The van der Waals surface area contributed by atoms with Crippen LogP contribution in [0.4, 0.5) is 0 Å². The van der Waals surface area contributed by atoms with Crippen molar-refractivity contribution in [2.45, 2.75) is 51.0 Å². The molecule has 0 spiro atoms. The van der Waals surface area contributed by atoms with E-state index in [1.54, 1.807) is 0 Å². The number of rotatable bonds is 6. The van der Waals surface area contributed by atoms with E-state index in [4.69, 9.17) is 0 Å². The smallest absolute Gasteiger partial charge is 0.228 e. The van der Waals surface area contributed by atoms with Crippen LogP contribution in [0.3, 0.4) is 0 Å². The second-order valence-electron chi connectivity index (χ2n) is 6.07. The van der Waals surface area contributed by atoms with Gasteiger partial charge in [-0.1, -0.05) is 19.8 Å². The number of hydrogen-bond donors (Lipinski definition) is 2. The predicted molar refractivity (Wildman–Crippen MR) is 71.3 cm³/mol. The molecule has 2 aliphatic carbocycles. The number of nitrogens with one attached hydrogen (secondary N) is 1. The zero-order chi connectivity index (χ0) is 13.2. The molecule has 0 heterocycles. The number of aliphatic hydroxyl groups is 1. The molecule has 0 aromatic heterocycles. The van der Waals surface area contributed by atoms with Crippen LogP contribution in [0.25, 0.3) is 0 Å². The molecule has 4 nitrogen and oxygen atoms in total. The number of hydrogen-bond acceptors (Lipinski definition) is 3. The van der Waals surface area contributed by atoms with Crippen LogP contribution < -0.4 is 5.32 Å². The van der Waals surface area contributed by atoms with E-state index in [1.807, 2.05) is 0 Å². The van der Waals surface area contributed by atoms with Crippen molar-refractivity contribution < 1.29 is 9.90 Å². The van der Waals surface area contributed by atoms with E-state index in [9.17, 15) is 9.90 Å². The third-order valence-electron chi connectivity index (χ3n) is 5.03. The van der Waals surface area contributed by atoms with Gasteiger partial charge in [-0.15, -0.1) is 0 Å². The van der Waals surface area contributed by atoms with Crippen LogP contribution in [0, 0.1) is 5.41 Å². The Bertz CT molecular complexity index is 307. The number of carbonyl (C=O) groups excluding carboxylic acids is 1. The molecule has 0 saturated heterocycles. The maximum absolute atomic E-state index is 12.1. The molecule has 0 unspecified atom stereocenters. The van der Waals surface area contributed by atoms with Crippen molar-refractivity contribution in [1.29, 1.82) is 0 Å². The van der Waals surface area contributed by atoms with E-state index in [-0.39, 0.29) is 18.1 Å². The van der Waals surface area contributed by atoms with E-state index >= 15 is 0 Å². The first-order chi connectivity index (χ1) is 8.58. The summed E-state index contributed by atoms with van der Waals surface area (Å²) in [4.78, 5) is 14.5. The highest BCUT2D eigenvalue weighted by Crippen LogP contribution is 2.45. The third-order valence-corrected chi connectivity index (χ3v) is 5.03. The first-order valence-electron chi connectivity index (χ1n) is 7.19. The lowest BCUT2D eigenvalue weighted by Crippen LogP contribution is -2.53. The van der Waals surface area contributed by atoms with E-state index in [0.717, 1.165) is 25.9 Å². The van der Waals surface area contributed by atoms with Crippen LogP contribution in [0.1, 0.15) is 45.4 Å². The summed E-state index contributed by atoms with van der Waals surface area (Å²) in [6.45, 7) is 3.91. The Morgan fingerprint density at radius 1 is 1.28 bits per heavy atom. The largest absolute Gasteiger partial charge is 0.395 e. The van der Waals surface area contributed by atoms with Crippen molar-refractivity contribution in [1.82, 2.24) is 10.2 Å². The summed E-state index contributed by atoms with van der Waals surface area (Å²) < 4.78 is 0. The summed E-state index contributed by atoms with van der Waals surface area (Å²) >= 11 is 0. The normalized spacial score (nSPS) is 24.2. The van der Waals surface area contributed by atoms with Crippen molar-refractivity contribution in [2.75, 3.05) is 26.7 Å². The molecule has 18 heavy (non-hydrogen) atoms.